The summed E-state index contributed by atoms with van der Waals surface area (Å²) in [7, 11) is 0. The molecule has 31 nitrogen and oxygen atoms in total. The second-order valence-electron chi connectivity index (χ2n) is 16.8. The zero-order valence-corrected chi connectivity index (χ0v) is 35.0. The van der Waals surface area contributed by atoms with Gasteiger partial charge in [0.05, 0.1) is 39.6 Å². The second kappa shape index (κ2) is 23.5. The number of hydrogen-bond acceptors (Lipinski definition) is 31. The molecule has 6 aliphatic rings. The van der Waals surface area contributed by atoms with Gasteiger partial charge < -0.3 is 154 Å². The molecule has 0 aromatic heterocycles. The topological polar surface area (TPSA) is 506 Å². The Morgan fingerprint density at radius 2 is 0.567 bits per heavy atom. The predicted molar refractivity (Wildman–Crippen MR) is 199 cm³/mol. The summed E-state index contributed by atoms with van der Waals surface area (Å²) in [4.78, 5) is 0. The van der Waals surface area contributed by atoms with Crippen molar-refractivity contribution in [2.75, 3.05) is 39.6 Å². The van der Waals surface area contributed by atoms with E-state index in [0.29, 0.717) is 0 Å². The third kappa shape index (κ3) is 11.5. The molecule has 0 aliphatic carbocycles. The first kappa shape index (κ1) is 55.1. The molecule has 0 bridgehead atoms. The van der Waals surface area contributed by atoms with E-state index in [9.17, 15) is 102 Å². The molecule has 6 fully saturated rings. The fraction of sp³-hybridized carbons (Fsp3) is 1.00. The average Bonchev–Trinajstić information content (AvgIpc) is 3.31. The fourth-order valence-corrected chi connectivity index (χ4v) is 8.30. The van der Waals surface area contributed by atoms with Gasteiger partial charge in [0.25, 0.3) is 0 Å². The molecule has 31 heteroatoms. The lowest BCUT2D eigenvalue weighted by Gasteiger charge is -2.49. The Bertz CT molecular complexity index is 1500. The van der Waals surface area contributed by atoms with Crippen molar-refractivity contribution >= 4 is 0 Å². The van der Waals surface area contributed by atoms with Crippen LogP contribution in [0.25, 0.3) is 0 Å². The third-order valence-corrected chi connectivity index (χ3v) is 12.4. The molecule has 0 amide bonds. The van der Waals surface area contributed by atoms with E-state index in [1.807, 2.05) is 0 Å². The Balaban J connectivity index is 1.08. The Hall–Kier alpha value is -1.24. The second-order valence-corrected chi connectivity index (χ2v) is 16.8. The monoisotopic (exact) mass is 990 g/mol. The van der Waals surface area contributed by atoms with Crippen LogP contribution < -0.4 is 0 Å². The van der Waals surface area contributed by atoms with Crippen molar-refractivity contribution in [3.8, 4) is 0 Å². The zero-order chi connectivity index (χ0) is 49.3. The molecule has 0 spiro atoms. The molecule has 6 rings (SSSR count). The van der Waals surface area contributed by atoms with Crippen LogP contribution in [0.3, 0.4) is 0 Å². The summed E-state index contributed by atoms with van der Waals surface area (Å²) in [5.41, 5.74) is 0. The molecular formula is C36H62O31. The van der Waals surface area contributed by atoms with Crippen molar-refractivity contribution in [2.24, 2.45) is 0 Å². The van der Waals surface area contributed by atoms with Crippen molar-refractivity contribution in [2.45, 2.75) is 184 Å². The molecule has 0 radical (unpaired) electrons. The van der Waals surface area contributed by atoms with Crippen LogP contribution >= 0.6 is 0 Å². The van der Waals surface area contributed by atoms with E-state index >= 15 is 0 Å². The minimum atomic E-state index is -2.21. The third-order valence-electron chi connectivity index (χ3n) is 12.4. The van der Waals surface area contributed by atoms with Crippen LogP contribution in [-0.4, -0.2) is 326 Å². The van der Waals surface area contributed by atoms with E-state index in [-0.39, 0.29) is 0 Å². The maximum Gasteiger partial charge on any atom is 0.187 e. The van der Waals surface area contributed by atoms with Crippen LogP contribution in [0.2, 0.25) is 0 Å². The highest BCUT2D eigenvalue weighted by atomic mass is 16.8. The molecule has 6 aliphatic heterocycles. The van der Waals surface area contributed by atoms with Gasteiger partial charge in [-0.05, 0) is 0 Å². The standard InChI is InChI=1S/C36H62O31/c37-1-7-13(41)18(46)23(51)32(60-7)58-6-12-15(43)19(47)24(52)34(64-12)65-29-10(4-40)63-35(26(54)21(29)49)67-30-16(44)8(2-38)61-36(27(30)55)66-28-9(3-39)62-33(25(53)20(28)48)57-5-11-14(42)17(45)22(50)31(56)59-11/h7-56H,1-6H2/t7-,8-,9-,10-,11-,12-,13-,14-,15+,16+,17+,18+,19+,20-,21-,22-,23-,24-,25-,26-,27-,28-,29+,30+,31?,32-,33-,34+,35-,36+/m1/s1. The molecule has 392 valence electrons. The normalized spacial score (nSPS) is 53.4. The van der Waals surface area contributed by atoms with Gasteiger partial charge in [-0.3, -0.25) is 0 Å². The van der Waals surface area contributed by atoms with Crippen molar-refractivity contribution in [3.05, 3.63) is 0 Å². The maximum absolute atomic E-state index is 11.4. The molecule has 6 heterocycles. The average molecular weight is 991 g/mol. The summed E-state index contributed by atoms with van der Waals surface area (Å²) >= 11 is 0. The van der Waals surface area contributed by atoms with E-state index in [2.05, 4.69) is 0 Å². The highest BCUT2D eigenvalue weighted by Crippen LogP contribution is 2.35. The molecule has 30 atom stereocenters. The van der Waals surface area contributed by atoms with E-state index < -0.39 is 224 Å². The van der Waals surface area contributed by atoms with Gasteiger partial charge in [-0.2, -0.15) is 0 Å². The summed E-state index contributed by atoms with van der Waals surface area (Å²) in [5, 5.41) is 209. The van der Waals surface area contributed by atoms with Crippen molar-refractivity contribution in [1.29, 1.82) is 0 Å². The number of rotatable bonds is 16. The van der Waals surface area contributed by atoms with E-state index in [4.69, 9.17) is 52.1 Å². The first-order valence-corrected chi connectivity index (χ1v) is 21.1. The quantitative estimate of drug-likeness (QED) is 0.0683. The molecule has 67 heavy (non-hydrogen) atoms. The molecular weight excluding hydrogens is 928 g/mol. The van der Waals surface area contributed by atoms with E-state index in [0.717, 1.165) is 0 Å². The minimum absolute atomic E-state index is 0.704. The number of ether oxygens (including phenoxy) is 11. The molecule has 0 aromatic carbocycles. The van der Waals surface area contributed by atoms with Crippen LogP contribution in [0.4, 0.5) is 0 Å². The van der Waals surface area contributed by atoms with Crippen molar-refractivity contribution in [1.82, 2.24) is 0 Å². The van der Waals surface area contributed by atoms with Gasteiger partial charge in [0.1, 0.15) is 146 Å². The summed E-state index contributed by atoms with van der Waals surface area (Å²) in [6, 6.07) is 0. The van der Waals surface area contributed by atoms with E-state index in [1.165, 1.54) is 0 Å². The van der Waals surface area contributed by atoms with Crippen LogP contribution in [-0.2, 0) is 52.1 Å². The molecule has 6 saturated heterocycles. The fourth-order valence-electron chi connectivity index (χ4n) is 8.30. The number of aliphatic hydroxyl groups is 20. The Labute approximate surface area is 378 Å². The SMILES string of the molecule is OC[C@H]1O[C@@H](O[C@H]2[C@H](O)[C@@H](O)[C@H](OC[C@H]3OC(O)[C@H](O)[C@@H](O)[C@@H]3O)O[C@@H]2CO)[C@H](O)[C@@H](O[C@H]2O[C@H](CO)[C@H](O[C@@H]3O[C@H](CO[C@@H]4O[C@H](CO)[C@@H](O)[C@H](O)[C@H]4O)[C@H](O)[C@H](O)[C@H]3O)[C@H](O)[C@H]2O)[C@H]1O. The van der Waals surface area contributed by atoms with Crippen LogP contribution in [0.15, 0.2) is 0 Å². The summed E-state index contributed by atoms with van der Waals surface area (Å²) < 4.78 is 60.2. The Morgan fingerprint density at radius 3 is 1.06 bits per heavy atom. The lowest BCUT2D eigenvalue weighted by atomic mass is 9.95. The van der Waals surface area contributed by atoms with Gasteiger partial charge in [0, 0.05) is 0 Å². The van der Waals surface area contributed by atoms with Crippen LogP contribution in [0, 0.1) is 0 Å². The van der Waals surface area contributed by atoms with Crippen LogP contribution in [0.5, 0.6) is 0 Å². The first-order valence-electron chi connectivity index (χ1n) is 21.1. The molecule has 1 unspecified atom stereocenters. The predicted octanol–water partition coefficient (Wildman–Crippen LogP) is -14.1. The number of hydrogen-bond donors (Lipinski definition) is 20. The highest BCUT2D eigenvalue weighted by Gasteiger charge is 2.56. The first-order chi connectivity index (χ1) is 31.7. The smallest absolute Gasteiger partial charge is 0.187 e. The molecule has 20 N–H and O–H groups in total. The van der Waals surface area contributed by atoms with Gasteiger partial charge in [0.15, 0.2) is 37.7 Å². The van der Waals surface area contributed by atoms with Gasteiger partial charge in [-0.1, -0.05) is 0 Å². The van der Waals surface area contributed by atoms with Gasteiger partial charge in [-0.15, -0.1) is 0 Å². The highest BCUT2D eigenvalue weighted by molar-refractivity contribution is 4.99. The summed E-state index contributed by atoms with van der Waals surface area (Å²) in [5.74, 6) is 0. The van der Waals surface area contributed by atoms with Crippen LogP contribution in [0.1, 0.15) is 0 Å². The lowest BCUT2D eigenvalue weighted by Crippen LogP contribution is -2.67. The Morgan fingerprint density at radius 1 is 0.254 bits per heavy atom. The maximum atomic E-state index is 11.4. The van der Waals surface area contributed by atoms with Gasteiger partial charge in [-0.25, -0.2) is 0 Å². The molecule has 0 aromatic rings. The number of aliphatic hydroxyl groups excluding tert-OH is 20. The largest absolute Gasteiger partial charge is 0.394 e. The Kier molecular flexibility index (Phi) is 19.4. The summed E-state index contributed by atoms with van der Waals surface area (Å²) in [6.07, 6.45) is -56.1. The van der Waals surface area contributed by atoms with Gasteiger partial charge >= 0.3 is 0 Å². The summed E-state index contributed by atoms with van der Waals surface area (Å²) in [6.45, 7) is -5.24. The van der Waals surface area contributed by atoms with Gasteiger partial charge in [0.2, 0.25) is 0 Å². The van der Waals surface area contributed by atoms with E-state index in [1.54, 1.807) is 0 Å². The van der Waals surface area contributed by atoms with Crippen molar-refractivity contribution in [3.63, 3.8) is 0 Å². The zero-order valence-electron chi connectivity index (χ0n) is 35.0. The molecule has 0 saturated carbocycles. The minimum Gasteiger partial charge on any atom is -0.394 e. The lowest BCUT2D eigenvalue weighted by molar-refractivity contribution is -0.391. The van der Waals surface area contributed by atoms with Crippen molar-refractivity contribution < 1.29 is 154 Å².